The Morgan fingerprint density at radius 1 is 1.42 bits per heavy atom. The number of carbonyl (C=O) groups excluding carboxylic acids is 1. The standard InChI is InChI=1S/C14H13BrO4/c1-17-14(16)8-5-9(6-8)19-12-4-2-3-10-11(15)7-18-13(10)12/h2-4,7-9H,5-6H2,1H3/t8-,9-. The topological polar surface area (TPSA) is 48.7 Å². The molecule has 19 heavy (non-hydrogen) atoms. The Balaban J connectivity index is 1.72. The van der Waals surface area contributed by atoms with E-state index in [1.165, 1.54) is 7.11 Å². The van der Waals surface area contributed by atoms with Gasteiger partial charge in [0.25, 0.3) is 0 Å². The van der Waals surface area contributed by atoms with Crippen molar-refractivity contribution in [3.63, 3.8) is 0 Å². The maximum Gasteiger partial charge on any atom is 0.308 e. The third-order valence-electron chi connectivity index (χ3n) is 3.44. The molecule has 0 aliphatic heterocycles. The van der Waals surface area contributed by atoms with Gasteiger partial charge in [-0.15, -0.1) is 0 Å². The molecule has 1 heterocycles. The molecule has 1 aromatic heterocycles. The van der Waals surface area contributed by atoms with E-state index < -0.39 is 0 Å². The molecule has 0 unspecified atom stereocenters. The van der Waals surface area contributed by atoms with E-state index >= 15 is 0 Å². The zero-order chi connectivity index (χ0) is 13.4. The molecule has 0 spiro atoms. The van der Waals surface area contributed by atoms with E-state index in [0.717, 1.165) is 21.2 Å². The minimum absolute atomic E-state index is 0.0301. The van der Waals surface area contributed by atoms with Crippen LogP contribution in [-0.2, 0) is 9.53 Å². The molecule has 2 aromatic rings. The Kier molecular flexibility index (Phi) is 3.22. The Morgan fingerprint density at radius 3 is 2.95 bits per heavy atom. The molecule has 0 saturated heterocycles. The number of fused-ring (bicyclic) bond motifs is 1. The average Bonchev–Trinajstić information content (AvgIpc) is 2.75. The first-order valence-corrected chi connectivity index (χ1v) is 6.88. The van der Waals surface area contributed by atoms with Gasteiger partial charge >= 0.3 is 5.97 Å². The van der Waals surface area contributed by atoms with E-state index in [9.17, 15) is 4.79 Å². The van der Waals surface area contributed by atoms with Crippen LogP contribution in [-0.4, -0.2) is 19.2 Å². The number of ether oxygens (including phenoxy) is 2. The zero-order valence-electron chi connectivity index (χ0n) is 10.4. The third kappa shape index (κ3) is 2.23. The molecule has 1 aliphatic rings. The lowest BCUT2D eigenvalue weighted by Gasteiger charge is -2.33. The molecule has 0 bridgehead atoms. The van der Waals surface area contributed by atoms with Gasteiger partial charge in [-0.25, -0.2) is 0 Å². The fourth-order valence-corrected chi connectivity index (χ4v) is 2.70. The quantitative estimate of drug-likeness (QED) is 0.810. The maximum atomic E-state index is 11.3. The van der Waals surface area contributed by atoms with E-state index in [1.807, 2.05) is 18.2 Å². The SMILES string of the molecule is COC(=O)[C@H]1C[C@H](Oc2cccc3c(Br)coc23)C1. The van der Waals surface area contributed by atoms with Crippen LogP contribution < -0.4 is 4.74 Å². The third-order valence-corrected chi connectivity index (χ3v) is 4.05. The van der Waals surface area contributed by atoms with Gasteiger partial charge < -0.3 is 13.9 Å². The molecular formula is C14H13BrO4. The summed E-state index contributed by atoms with van der Waals surface area (Å²) in [6.07, 6.45) is 3.10. The van der Waals surface area contributed by atoms with Gasteiger partial charge in [-0.05, 0) is 40.9 Å². The molecule has 1 fully saturated rings. The summed E-state index contributed by atoms with van der Waals surface area (Å²) in [6, 6.07) is 5.77. The van der Waals surface area contributed by atoms with Crippen LogP contribution in [0.2, 0.25) is 0 Å². The zero-order valence-corrected chi connectivity index (χ0v) is 12.0. The van der Waals surface area contributed by atoms with Crippen molar-refractivity contribution in [2.45, 2.75) is 18.9 Å². The van der Waals surface area contributed by atoms with Gasteiger partial charge in [0.2, 0.25) is 0 Å². The minimum Gasteiger partial charge on any atom is -0.486 e. The predicted molar refractivity (Wildman–Crippen MR) is 73.1 cm³/mol. The Bertz CT molecular complexity index is 613. The number of methoxy groups -OCH3 is 1. The highest BCUT2D eigenvalue weighted by Crippen LogP contribution is 2.37. The molecule has 0 radical (unpaired) electrons. The lowest BCUT2D eigenvalue weighted by molar-refractivity contribution is -0.151. The van der Waals surface area contributed by atoms with Crippen LogP contribution in [0.4, 0.5) is 0 Å². The van der Waals surface area contributed by atoms with Crippen molar-refractivity contribution in [3.8, 4) is 5.75 Å². The van der Waals surface area contributed by atoms with E-state index in [-0.39, 0.29) is 18.0 Å². The number of hydrogen-bond donors (Lipinski definition) is 0. The van der Waals surface area contributed by atoms with E-state index in [1.54, 1.807) is 6.26 Å². The van der Waals surface area contributed by atoms with Crippen LogP contribution in [0.5, 0.6) is 5.75 Å². The number of esters is 1. The molecule has 1 aromatic carbocycles. The molecule has 4 nitrogen and oxygen atoms in total. The van der Waals surface area contributed by atoms with Crippen LogP contribution in [0, 0.1) is 5.92 Å². The molecule has 0 amide bonds. The van der Waals surface area contributed by atoms with Gasteiger partial charge in [0, 0.05) is 5.39 Å². The van der Waals surface area contributed by atoms with Crippen LogP contribution in [0.3, 0.4) is 0 Å². The summed E-state index contributed by atoms with van der Waals surface area (Å²) in [6.45, 7) is 0. The summed E-state index contributed by atoms with van der Waals surface area (Å²) in [4.78, 5) is 11.3. The number of rotatable bonds is 3. The van der Waals surface area contributed by atoms with Crippen molar-refractivity contribution in [1.82, 2.24) is 0 Å². The molecule has 5 heteroatoms. The van der Waals surface area contributed by atoms with Gasteiger partial charge in [-0.1, -0.05) is 6.07 Å². The van der Waals surface area contributed by atoms with Crippen molar-refractivity contribution < 1.29 is 18.7 Å². The van der Waals surface area contributed by atoms with Crippen LogP contribution in [0.15, 0.2) is 33.4 Å². The monoisotopic (exact) mass is 324 g/mol. The summed E-state index contributed by atoms with van der Waals surface area (Å²) in [5.41, 5.74) is 0.732. The van der Waals surface area contributed by atoms with Gasteiger partial charge in [0.1, 0.15) is 12.4 Å². The van der Waals surface area contributed by atoms with Crippen molar-refractivity contribution in [3.05, 3.63) is 28.9 Å². The summed E-state index contributed by atoms with van der Waals surface area (Å²) in [5, 5.41) is 0.987. The number of benzene rings is 1. The normalized spacial score (nSPS) is 22.0. The van der Waals surface area contributed by atoms with Crippen LogP contribution in [0.1, 0.15) is 12.8 Å². The minimum atomic E-state index is -0.154. The van der Waals surface area contributed by atoms with Crippen molar-refractivity contribution >= 4 is 32.9 Å². The molecule has 100 valence electrons. The largest absolute Gasteiger partial charge is 0.486 e. The second kappa shape index (κ2) is 4.89. The first kappa shape index (κ1) is 12.5. The number of carbonyl (C=O) groups is 1. The maximum absolute atomic E-state index is 11.3. The molecule has 0 N–H and O–H groups in total. The first-order chi connectivity index (χ1) is 9.19. The van der Waals surface area contributed by atoms with E-state index in [2.05, 4.69) is 15.9 Å². The summed E-state index contributed by atoms with van der Waals surface area (Å²) < 4.78 is 17.0. The number of para-hydroxylation sites is 1. The Labute approximate surface area is 118 Å². The molecule has 1 saturated carbocycles. The Morgan fingerprint density at radius 2 is 2.21 bits per heavy atom. The first-order valence-electron chi connectivity index (χ1n) is 6.09. The highest BCUT2D eigenvalue weighted by Gasteiger charge is 2.37. The van der Waals surface area contributed by atoms with E-state index in [4.69, 9.17) is 13.9 Å². The average molecular weight is 325 g/mol. The van der Waals surface area contributed by atoms with Crippen LogP contribution in [0.25, 0.3) is 11.0 Å². The van der Waals surface area contributed by atoms with Gasteiger partial charge in [-0.3, -0.25) is 4.79 Å². The fourth-order valence-electron chi connectivity index (χ4n) is 2.29. The lowest BCUT2D eigenvalue weighted by Crippen LogP contribution is -2.38. The van der Waals surface area contributed by atoms with Crippen molar-refractivity contribution in [2.75, 3.05) is 7.11 Å². The summed E-state index contributed by atoms with van der Waals surface area (Å²) in [5.74, 6) is 0.535. The molecule has 3 rings (SSSR count). The number of hydrogen-bond acceptors (Lipinski definition) is 4. The summed E-state index contributed by atoms with van der Waals surface area (Å²) in [7, 11) is 1.41. The van der Waals surface area contributed by atoms with Gasteiger partial charge in [-0.2, -0.15) is 0 Å². The van der Waals surface area contributed by atoms with Crippen molar-refractivity contribution in [2.24, 2.45) is 5.92 Å². The predicted octanol–water partition coefficient (Wildman–Crippen LogP) is 3.53. The lowest BCUT2D eigenvalue weighted by atomic mass is 9.82. The second-order valence-electron chi connectivity index (χ2n) is 4.65. The Hall–Kier alpha value is -1.49. The van der Waals surface area contributed by atoms with Gasteiger partial charge in [0.15, 0.2) is 11.3 Å². The highest BCUT2D eigenvalue weighted by atomic mass is 79.9. The second-order valence-corrected chi connectivity index (χ2v) is 5.50. The van der Waals surface area contributed by atoms with Gasteiger partial charge in [0.05, 0.1) is 17.5 Å². The van der Waals surface area contributed by atoms with Crippen LogP contribution >= 0.6 is 15.9 Å². The number of furan rings is 1. The summed E-state index contributed by atoms with van der Waals surface area (Å²) >= 11 is 3.43. The smallest absolute Gasteiger partial charge is 0.308 e. The number of halogens is 1. The van der Waals surface area contributed by atoms with E-state index in [0.29, 0.717) is 12.8 Å². The molecule has 0 atom stereocenters. The fraction of sp³-hybridized carbons (Fsp3) is 0.357. The highest BCUT2D eigenvalue weighted by molar-refractivity contribution is 9.10. The molecule has 1 aliphatic carbocycles. The molecular weight excluding hydrogens is 312 g/mol. The van der Waals surface area contributed by atoms with Crippen molar-refractivity contribution in [1.29, 1.82) is 0 Å².